The molecule has 4 rings (SSSR count). The summed E-state index contributed by atoms with van der Waals surface area (Å²) >= 11 is 6.00. The lowest BCUT2D eigenvalue weighted by atomic mass is 10.1. The van der Waals surface area contributed by atoms with Crippen molar-refractivity contribution in [2.45, 2.75) is 25.3 Å². The molecule has 2 aromatic heterocycles. The number of allylic oxidation sites excluding steroid dienone is 1. The average molecular weight is 398 g/mol. The van der Waals surface area contributed by atoms with Crippen LogP contribution in [0.25, 0.3) is 5.65 Å². The van der Waals surface area contributed by atoms with E-state index in [2.05, 4.69) is 19.8 Å². The van der Waals surface area contributed by atoms with Crippen molar-refractivity contribution in [3.05, 3.63) is 46.9 Å². The SMILES string of the molecule is FC(F)(F)C1=CCC(N2CCN(Cc3cn4cc(Cl)ccc4n3)CC2)N=C1. The molecule has 5 nitrogen and oxygen atoms in total. The Kier molecular flexibility index (Phi) is 4.96. The smallest absolute Gasteiger partial charge is 0.305 e. The third kappa shape index (κ3) is 4.17. The lowest BCUT2D eigenvalue weighted by Gasteiger charge is -2.38. The van der Waals surface area contributed by atoms with Crippen molar-refractivity contribution >= 4 is 23.5 Å². The first-order chi connectivity index (χ1) is 12.9. The molecule has 1 fully saturated rings. The van der Waals surface area contributed by atoms with Crippen LogP contribution in [-0.2, 0) is 6.54 Å². The zero-order valence-electron chi connectivity index (χ0n) is 14.5. The van der Waals surface area contributed by atoms with Gasteiger partial charge in [-0.05, 0) is 12.1 Å². The van der Waals surface area contributed by atoms with Crippen molar-refractivity contribution in [2.24, 2.45) is 4.99 Å². The molecule has 1 atom stereocenters. The summed E-state index contributed by atoms with van der Waals surface area (Å²) in [6.45, 7) is 3.94. The Morgan fingerprint density at radius 3 is 2.56 bits per heavy atom. The quantitative estimate of drug-likeness (QED) is 0.796. The van der Waals surface area contributed by atoms with Gasteiger partial charge >= 0.3 is 6.18 Å². The molecule has 0 spiro atoms. The highest BCUT2D eigenvalue weighted by Crippen LogP contribution is 2.28. The second-order valence-electron chi connectivity index (χ2n) is 6.81. The summed E-state index contributed by atoms with van der Waals surface area (Å²) in [6, 6.07) is 3.70. The number of piperazine rings is 1. The number of rotatable bonds is 3. The van der Waals surface area contributed by atoms with E-state index in [1.807, 2.05) is 28.9 Å². The van der Waals surface area contributed by atoms with E-state index >= 15 is 0 Å². The molecule has 144 valence electrons. The van der Waals surface area contributed by atoms with E-state index < -0.39 is 11.7 Å². The molecule has 0 N–H and O–H groups in total. The predicted octanol–water partition coefficient (Wildman–Crippen LogP) is 3.39. The van der Waals surface area contributed by atoms with Crippen molar-refractivity contribution in [1.29, 1.82) is 0 Å². The van der Waals surface area contributed by atoms with Gasteiger partial charge in [-0.15, -0.1) is 0 Å². The maximum Gasteiger partial charge on any atom is 0.417 e. The molecule has 2 aliphatic rings. The van der Waals surface area contributed by atoms with Gasteiger partial charge in [0.15, 0.2) is 0 Å². The molecule has 0 amide bonds. The van der Waals surface area contributed by atoms with Crippen molar-refractivity contribution in [1.82, 2.24) is 19.2 Å². The number of hydrogen-bond acceptors (Lipinski definition) is 4. The molecule has 2 aliphatic heterocycles. The minimum atomic E-state index is -4.31. The van der Waals surface area contributed by atoms with Crippen molar-refractivity contribution in [3.8, 4) is 0 Å². The number of fused-ring (bicyclic) bond motifs is 1. The Hall–Kier alpha value is -1.90. The maximum atomic E-state index is 12.7. The van der Waals surface area contributed by atoms with Crippen LogP contribution in [0.1, 0.15) is 12.1 Å². The molecule has 1 unspecified atom stereocenters. The Morgan fingerprint density at radius 2 is 1.89 bits per heavy atom. The molecule has 4 heterocycles. The fourth-order valence-electron chi connectivity index (χ4n) is 3.49. The van der Waals surface area contributed by atoms with Crippen molar-refractivity contribution < 1.29 is 13.2 Å². The van der Waals surface area contributed by atoms with Gasteiger partial charge in [0, 0.05) is 57.8 Å². The number of aliphatic imine (C=N–C) groups is 1. The van der Waals surface area contributed by atoms with Gasteiger partial charge in [0.25, 0.3) is 0 Å². The molecular weight excluding hydrogens is 379 g/mol. The third-order valence-electron chi connectivity index (χ3n) is 4.94. The number of nitrogens with zero attached hydrogens (tertiary/aromatic N) is 5. The summed E-state index contributed by atoms with van der Waals surface area (Å²) in [5.41, 5.74) is 1.18. The Morgan fingerprint density at radius 1 is 1.11 bits per heavy atom. The van der Waals surface area contributed by atoms with E-state index in [4.69, 9.17) is 11.6 Å². The minimum absolute atomic E-state index is 0.199. The van der Waals surface area contributed by atoms with Gasteiger partial charge in [0.1, 0.15) is 11.8 Å². The summed E-state index contributed by atoms with van der Waals surface area (Å²) in [5.74, 6) is 0. The van der Waals surface area contributed by atoms with Crippen molar-refractivity contribution in [2.75, 3.05) is 26.2 Å². The number of aromatic nitrogens is 2. The van der Waals surface area contributed by atoms with Crippen LogP contribution in [0.15, 0.2) is 41.2 Å². The first-order valence-electron chi connectivity index (χ1n) is 8.78. The minimum Gasteiger partial charge on any atom is -0.305 e. The van der Waals surface area contributed by atoms with Gasteiger partial charge in [-0.2, -0.15) is 13.2 Å². The molecule has 0 aromatic carbocycles. The monoisotopic (exact) mass is 397 g/mol. The van der Waals surface area contributed by atoms with E-state index in [0.717, 1.165) is 50.3 Å². The van der Waals surface area contributed by atoms with Gasteiger partial charge in [-0.25, -0.2) is 4.98 Å². The zero-order chi connectivity index (χ0) is 19.0. The second-order valence-corrected chi connectivity index (χ2v) is 7.25. The van der Waals surface area contributed by atoms with Gasteiger partial charge in [0.2, 0.25) is 0 Å². The first-order valence-corrected chi connectivity index (χ1v) is 9.16. The molecule has 0 saturated carbocycles. The number of imidazole rings is 1. The highest BCUT2D eigenvalue weighted by atomic mass is 35.5. The standard InChI is InChI=1S/C18H19ClF3N5/c19-14-2-4-17-24-15(12-27(17)10-14)11-25-5-7-26(8-6-25)16-3-1-13(9-23-16)18(20,21)22/h1-2,4,9-10,12,16H,3,5-8,11H2. The topological polar surface area (TPSA) is 36.1 Å². The van der Waals surface area contributed by atoms with Crippen LogP contribution in [0.5, 0.6) is 0 Å². The van der Waals surface area contributed by atoms with E-state index in [9.17, 15) is 13.2 Å². The van der Waals surface area contributed by atoms with E-state index in [-0.39, 0.29) is 6.17 Å². The number of halogens is 4. The fourth-order valence-corrected chi connectivity index (χ4v) is 3.65. The molecule has 1 saturated heterocycles. The second kappa shape index (κ2) is 7.26. The van der Waals surface area contributed by atoms with Crippen LogP contribution in [0.4, 0.5) is 13.2 Å². The average Bonchev–Trinajstić information content (AvgIpc) is 3.03. The van der Waals surface area contributed by atoms with Crippen LogP contribution < -0.4 is 0 Å². The molecule has 27 heavy (non-hydrogen) atoms. The van der Waals surface area contributed by atoms with Gasteiger partial charge < -0.3 is 4.40 Å². The number of alkyl halides is 3. The number of pyridine rings is 1. The van der Waals surface area contributed by atoms with E-state index in [0.29, 0.717) is 11.4 Å². The molecule has 0 radical (unpaired) electrons. The van der Waals surface area contributed by atoms with Crippen LogP contribution in [0, 0.1) is 0 Å². The number of hydrogen-bond donors (Lipinski definition) is 0. The molecular formula is C18H19ClF3N5. The molecule has 9 heteroatoms. The maximum absolute atomic E-state index is 12.7. The van der Waals surface area contributed by atoms with Crippen LogP contribution >= 0.6 is 11.6 Å². The fraction of sp³-hybridized carbons (Fsp3) is 0.444. The highest BCUT2D eigenvalue weighted by molar-refractivity contribution is 6.30. The molecule has 0 bridgehead atoms. The van der Waals surface area contributed by atoms with Gasteiger partial charge in [0.05, 0.1) is 16.3 Å². The Balaban J connectivity index is 1.31. The van der Waals surface area contributed by atoms with Crippen LogP contribution in [-0.4, -0.2) is 63.9 Å². The highest BCUT2D eigenvalue weighted by Gasteiger charge is 2.34. The summed E-state index contributed by atoms with van der Waals surface area (Å²) < 4.78 is 39.9. The van der Waals surface area contributed by atoms with Crippen LogP contribution in [0.2, 0.25) is 5.02 Å². The lowest BCUT2D eigenvalue weighted by molar-refractivity contribution is -0.0862. The Bertz CT molecular complexity index is 881. The van der Waals surface area contributed by atoms with Gasteiger partial charge in [-0.1, -0.05) is 17.7 Å². The molecule has 0 aliphatic carbocycles. The summed E-state index contributed by atoms with van der Waals surface area (Å²) in [4.78, 5) is 13.1. The van der Waals surface area contributed by atoms with Crippen molar-refractivity contribution in [3.63, 3.8) is 0 Å². The predicted molar refractivity (Wildman–Crippen MR) is 98.1 cm³/mol. The van der Waals surface area contributed by atoms with E-state index in [1.54, 1.807) is 0 Å². The zero-order valence-corrected chi connectivity index (χ0v) is 15.3. The van der Waals surface area contributed by atoms with E-state index in [1.165, 1.54) is 6.08 Å². The molecule has 2 aromatic rings. The third-order valence-corrected chi connectivity index (χ3v) is 5.16. The summed E-state index contributed by atoms with van der Waals surface area (Å²) in [5, 5.41) is 0.663. The summed E-state index contributed by atoms with van der Waals surface area (Å²) in [7, 11) is 0. The first kappa shape index (κ1) is 18.5. The lowest BCUT2D eigenvalue weighted by Crippen LogP contribution is -2.49. The van der Waals surface area contributed by atoms with Gasteiger partial charge in [-0.3, -0.25) is 14.8 Å². The summed E-state index contributed by atoms with van der Waals surface area (Å²) in [6.07, 6.45) is 1.80. The largest absolute Gasteiger partial charge is 0.417 e. The van der Waals surface area contributed by atoms with Crippen LogP contribution in [0.3, 0.4) is 0 Å². The normalized spacial score (nSPS) is 22.4. The Labute approximate surface area is 159 Å². The number of dihydropyridines is 1.